The number of rotatable bonds is 7. The number of amidine groups is 1. The van der Waals surface area contributed by atoms with E-state index in [2.05, 4.69) is 4.99 Å². The Morgan fingerprint density at radius 2 is 2.00 bits per heavy atom. The summed E-state index contributed by atoms with van der Waals surface area (Å²) < 4.78 is 0. The number of hydrogen-bond donors (Lipinski definition) is 3. The molecule has 100 valence electrons. The number of carboxylic acids is 1. The minimum atomic E-state index is -1.18. The zero-order valence-electron chi connectivity index (χ0n) is 10.9. The predicted molar refractivity (Wildman–Crippen MR) is 73.5 cm³/mol. The van der Waals surface area contributed by atoms with Crippen molar-refractivity contribution < 1.29 is 9.90 Å². The van der Waals surface area contributed by atoms with Gasteiger partial charge < -0.3 is 16.6 Å². The van der Waals surface area contributed by atoms with E-state index in [1.165, 1.54) is 11.8 Å². The highest BCUT2D eigenvalue weighted by Gasteiger charge is 2.37. The number of hydrogen-bond acceptors (Lipinski definition) is 4. The van der Waals surface area contributed by atoms with Gasteiger partial charge in [0.15, 0.2) is 0 Å². The van der Waals surface area contributed by atoms with E-state index in [1.807, 2.05) is 20.8 Å². The lowest BCUT2D eigenvalue weighted by Crippen LogP contribution is -2.55. The van der Waals surface area contributed by atoms with Crippen molar-refractivity contribution in [3.63, 3.8) is 0 Å². The lowest BCUT2D eigenvalue weighted by Gasteiger charge is -2.29. The minimum Gasteiger partial charge on any atom is -0.480 e. The summed E-state index contributed by atoms with van der Waals surface area (Å²) in [5.41, 5.74) is 10.2. The Kier molecular flexibility index (Phi) is 6.56. The molecule has 0 heterocycles. The second-order valence-corrected chi connectivity index (χ2v) is 6.03. The van der Waals surface area contributed by atoms with E-state index in [-0.39, 0.29) is 11.2 Å². The van der Waals surface area contributed by atoms with Crippen LogP contribution in [0.1, 0.15) is 27.7 Å². The quantitative estimate of drug-likeness (QED) is 0.467. The number of carboxylic acid groups (broad SMARTS) is 1. The molecule has 0 aliphatic rings. The highest BCUT2D eigenvalue weighted by molar-refractivity contribution is 8.00. The molecule has 0 saturated heterocycles. The van der Waals surface area contributed by atoms with Crippen LogP contribution in [0.4, 0.5) is 0 Å². The van der Waals surface area contributed by atoms with E-state index in [1.54, 1.807) is 6.92 Å². The molecule has 0 aliphatic heterocycles. The van der Waals surface area contributed by atoms with Crippen molar-refractivity contribution in [2.24, 2.45) is 22.4 Å². The molecule has 6 heteroatoms. The molecule has 2 atom stereocenters. The van der Waals surface area contributed by atoms with E-state index < -0.39 is 11.5 Å². The van der Waals surface area contributed by atoms with Crippen LogP contribution in [0, 0.1) is 5.92 Å². The predicted octanol–water partition coefficient (Wildman–Crippen LogP) is 0.923. The maximum absolute atomic E-state index is 11.2. The third-order valence-corrected chi connectivity index (χ3v) is 4.00. The molecular weight excluding hydrogens is 238 g/mol. The second kappa shape index (κ2) is 6.86. The third-order valence-electron chi connectivity index (χ3n) is 2.63. The fourth-order valence-corrected chi connectivity index (χ4v) is 2.28. The van der Waals surface area contributed by atoms with Gasteiger partial charge in [0, 0.05) is 11.0 Å². The van der Waals surface area contributed by atoms with Gasteiger partial charge in [-0.1, -0.05) is 20.8 Å². The monoisotopic (exact) mass is 261 g/mol. The van der Waals surface area contributed by atoms with E-state index in [0.717, 1.165) is 0 Å². The summed E-state index contributed by atoms with van der Waals surface area (Å²) in [6.45, 7) is 7.94. The maximum Gasteiger partial charge on any atom is 0.324 e. The van der Waals surface area contributed by atoms with Crippen molar-refractivity contribution in [1.82, 2.24) is 0 Å². The Morgan fingerprint density at radius 1 is 1.47 bits per heavy atom. The van der Waals surface area contributed by atoms with Crippen molar-refractivity contribution in [2.45, 2.75) is 38.5 Å². The third kappa shape index (κ3) is 5.41. The first-order valence-electron chi connectivity index (χ1n) is 5.60. The summed E-state index contributed by atoms with van der Waals surface area (Å²) in [6, 6.07) is 0. The van der Waals surface area contributed by atoms with Crippen LogP contribution in [-0.4, -0.2) is 40.0 Å². The molecule has 0 rings (SSSR count). The molecular formula is C11H23N3O2S. The Balaban J connectivity index is 4.33. The average molecular weight is 261 g/mol. The Bertz CT molecular complexity index is 290. The summed E-state index contributed by atoms with van der Waals surface area (Å²) in [5.74, 6) is -0.149. The van der Waals surface area contributed by atoms with Crippen molar-refractivity contribution in [3.05, 3.63) is 0 Å². The molecule has 0 aromatic rings. The highest BCUT2D eigenvalue weighted by Crippen LogP contribution is 2.23. The first kappa shape index (κ1) is 16.2. The Morgan fingerprint density at radius 3 is 2.35 bits per heavy atom. The normalized spacial score (nSPS) is 17.9. The van der Waals surface area contributed by atoms with Crippen LogP contribution in [0.15, 0.2) is 4.99 Å². The first-order valence-corrected chi connectivity index (χ1v) is 6.65. The number of aliphatic carboxylic acids is 1. The van der Waals surface area contributed by atoms with Gasteiger partial charge in [0.2, 0.25) is 0 Å². The summed E-state index contributed by atoms with van der Waals surface area (Å²) in [5, 5.41) is 9.35. The molecule has 17 heavy (non-hydrogen) atoms. The van der Waals surface area contributed by atoms with Gasteiger partial charge in [-0.15, -0.1) is 0 Å². The molecule has 0 fully saturated rings. The van der Waals surface area contributed by atoms with Crippen LogP contribution < -0.4 is 11.5 Å². The van der Waals surface area contributed by atoms with Gasteiger partial charge in [0.05, 0.1) is 12.4 Å². The second-order valence-electron chi connectivity index (χ2n) is 4.60. The van der Waals surface area contributed by atoms with Gasteiger partial charge in [0.25, 0.3) is 0 Å². The van der Waals surface area contributed by atoms with Gasteiger partial charge in [-0.3, -0.25) is 9.79 Å². The van der Waals surface area contributed by atoms with Gasteiger partial charge in [-0.05, 0) is 12.8 Å². The number of nitrogens with zero attached hydrogens (tertiary/aromatic N) is 1. The average Bonchev–Trinajstić information content (AvgIpc) is 2.22. The molecule has 0 spiro atoms. The molecule has 0 aliphatic carbocycles. The molecule has 2 unspecified atom stereocenters. The topological polar surface area (TPSA) is 102 Å². The minimum absolute atomic E-state index is 0.112. The van der Waals surface area contributed by atoms with E-state index in [4.69, 9.17) is 16.6 Å². The molecule has 0 aromatic heterocycles. The molecule has 5 nitrogen and oxygen atoms in total. The van der Waals surface area contributed by atoms with E-state index in [9.17, 15) is 4.79 Å². The number of carbonyl (C=O) groups is 1. The lowest BCUT2D eigenvalue weighted by atomic mass is 9.90. The van der Waals surface area contributed by atoms with Crippen LogP contribution in [0.2, 0.25) is 0 Å². The fourth-order valence-electron chi connectivity index (χ4n) is 1.08. The molecule has 0 radical (unpaired) electrons. The smallest absolute Gasteiger partial charge is 0.324 e. The van der Waals surface area contributed by atoms with Gasteiger partial charge in [0.1, 0.15) is 5.54 Å². The zero-order chi connectivity index (χ0) is 13.6. The zero-order valence-corrected chi connectivity index (χ0v) is 11.8. The van der Waals surface area contributed by atoms with Gasteiger partial charge in [-0.2, -0.15) is 11.8 Å². The van der Waals surface area contributed by atoms with Crippen LogP contribution in [0.3, 0.4) is 0 Å². The Labute approximate surface area is 107 Å². The summed E-state index contributed by atoms with van der Waals surface area (Å²) in [7, 11) is 0. The van der Waals surface area contributed by atoms with Crippen molar-refractivity contribution in [2.75, 3.05) is 12.3 Å². The first-order chi connectivity index (χ1) is 7.70. The van der Waals surface area contributed by atoms with E-state index in [0.29, 0.717) is 18.1 Å². The summed E-state index contributed by atoms with van der Waals surface area (Å²) in [6.07, 6.45) is 0. The Hall–Kier alpha value is -0.750. The number of aliphatic imine (C=N–C) groups is 1. The maximum atomic E-state index is 11.2. The molecule has 0 saturated carbocycles. The highest BCUT2D eigenvalue weighted by atomic mass is 32.2. The van der Waals surface area contributed by atoms with Crippen LogP contribution >= 0.6 is 11.8 Å². The summed E-state index contributed by atoms with van der Waals surface area (Å²) in [4.78, 5) is 15.3. The van der Waals surface area contributed by atoms with Crippen molar-refractivity contribution >= 4 is 23.6 Å². The fraction of sp³-hybridized carbons (Fsp3) is 0.818. The largest absolute Gasteiger partial charge is 0.480 e. The van der Waals surface area contributed by atoms with Gasteiger partial charge in [-0.25, -0.2) is 0 Å². The van der Waals surface area contributed by atoms with E-state index >= 15 is 0 Å². The van der Waals surface area contributed by atoms with Gasteiger partial charge >= 0.3 is 5.97 Å². The van der Waals surface area contributed by atoms with Crippen LogP contribution in [0.5, 0.6) is 0 Å². The lowest BCUT2D eigenvalue weighted by molar-refractivity contribution is -0.144. The number of thioether (sulfide) groups is 1. The molecule has 0 aromatic carbocycles. The molecule has 0 amide bonds. The summed E-state index contributed by atoms with van der Waals surface area (Å²) >= 11 is 1.51. The number of nitrogens with two attached hydrogens (primary N) is 2. The van der Waals surface area contributed by atoms with Crippen molar-refractivity contribution in [1.29, 1.82) is 0 Å². The molecule has 5 N–H and O–H groups in total. The van der Waals surface area contributed by atoms with Crippen LogP contribution in [0.25, 0.3) is 0 Å². The molecule has 0 bridgehead atoms. The standard InChI is InChI=1S/C11H23N3O2S/c1-7(2)11(13,10(15)16)6-17-8(3)5-14-9(4)12/h7-8H,5-6,13H2,1-4H3,(H2,12,14)(H,15,16). The van der Waals surface area contributed by atoms with Crippen molar-refractivity contribution in [3.8, 4) is 0 Å². The SMILES string of the molecule is CC(N)=NCC(C)SCC(N)(C(=O)O)C(C)C. The van der Waals surface area contributed by atoms with Crippen LogP contribution in [-0.2, 0) is 4.79 Å².